The maximum Gasteiger partial charge on any atom is 0.137 e. The Morgan fingerprint density at radius 2 is 1.46 bits per heavy atom. The number of aliphatic imine (C=N–C) groups is 1. The number of amidine groups is 1. The third-order valence-electron chi connectivity index (χ3n) is 4.71. The van der Waals surface area contributed by atoms with Gasteiger partial charge in [-0.15, -0.1) is 0 Å². The van der Waals surface area contributed by atoms with E-state index in [0.29, 0.717) is 0 Å². The molecule has 0 fully saturated rings. The zero-order valence-electron chi connectivity index (χ0n) is 17.4. The van der Waals surface area contributed by atoms with Crippen LogP contribution in [0.5, 0.6) is 0 Å². The molecule has 2 rings (SSSR count). The maximum atomic E-state index is 5.08. The van der Waals surface area contributed by atoms with E-state index in [1.807, 2.05) is 0 Å². The van der Waals surface area contributed by atoms with Gasteiger partial charge in [-0.3, -0.25) is 0 Å². The molecule has 0 spiro atoms. The SMILES string of the molecule is CCP(CC)N/C(=N/c1c(C)cccc1C)c1ccc(C(C)(C)C)cc1. The molecule has 0 aliphatic carbocycles. The Kier molecular flexibility index (Phi) is 7.01. The van der Waals surface area contributed by atoms with Crippen molar-refractivity contribution in [1.29, 1.82) is 0 Å². The van der Waals surface area contributed by atoms with Crippen LogP contribution >= 0.6 is 8.07 Å². The van der Waals surface area contributed by atoms with Crippen molar-refractivity contribution in [2.45, 2.75) is 53.9 Å². The number of nitrogens with zero attached hydrogens (tertiary/aromatic N) is 1. The lowest BCUT2D eigenvalue weighted by Gasteiger charge is -2.21. The third kappa shape index (κ3) is 5.17. The fourth-order valence-corrected chi connectivity index (χ4v) is 4.15. The van der Waals surface area contributed by atoms with E-state index in [2.05, 4.69) is 96.0 Å². The molecule has 0 saturated heterocycles. The lowest BCUT2D eigenvalue weighted by Crippen LogP contribution is -2.21. The summed E-state index contributed by atoms with van der Waals surface area (Å²) in [6, 6.07) is 15.2. The van der Waals surface area contributed by atoms with Gasteiger partial charge in [-0.2, -0.15) is 0 Å². The van der Waals surface area contributed by atoms with Gasteiger partial charge in [0.05, 0.1) is 5.69 Å². The molecule has 0 aliphatic heterocycles. The van der Waals surface area contributed by atoms with Crippen LogP contribution in [0.2, 0.25) is 0 Å². The van der Waals surface area contributed by atoms with Crippen molar-refractivity contribution in [2.75, 3.05) is 12.3 Å². The van der Waals surface area contributed by atoms with Crippen LogP contribution in [-0.4, -0.2) is 18.2 Å². The lowest BCUT2D eigenvalue weighted by molar-refractivity contribution is 0.590. The van der Waals surface area contributed by atoms with Crippen LogP contribution in [-0.2, 0) is 5.41 Å². The summed E-state index contributed by atoms with van der Waals surface area (Å²) in [5.41, 5.74) is 6.18. The molecule has 0 atom stereocenters. The Labute approximate surface area is 161 Å². The van der Waals surface area contributed by atoms with Crippen LogP contribution in [0.1, 0.15) is 56.9 Å². The van der Waals surface area contributed by atoms with Gasteiger partial charge >= 0.3 is 0 Å². The minimum atomic E-state index is -0.246. The number of aryl methyl sites for hydroxylation is 2. The van der Waals surface area contributed by atoms with Gasteiger partial charge in [-0.05, 0) is 56.3 Å². The molecular formula is C23H33N2P. The highest BCUT2D eigenvalue weighted by atomic mass is 31.1. The summed E-state index contributed by atoms with van der Waals surface area (Å²) in [5.74, 6) is 0.998. The summed E-state index contributed by atoms with van der Waals surface area (Å²) in [5, 5.41) is 3.75. The summed E-state index contributed by atoms with van der Waals surface area (Å²) >= 11 is 0. The van der Waals surface area contributed by atoms with Gasteiger partial charge in [0.15, 0.2) is 0 Å². The van der Waals surface area contributed by atoms with Gasteiger partial charge in [0.25, 0.3) is 0 Å². The molecule has 0 aromatic heterocycles. The van der Waals surface area contributed by atoms with Gasteiger partial charge in [-0.25, -0.2) is 4.99 Å². The smallest absolute Gasteiger partial charge is 0.137 e. The normalized spacial score (nSPS) is 12.5. The summed E-state index contributed by atoms with van der Waals surface area (Å²) in [7, 11) is -0.246. The fourth-order valence-electron chi connectivity index (χ4n) is 2.91. The number of nitrogens with one attached hydrogen (secondary N) is 1. The Morgan fingerprint density at radius 1 is 0.923 bits per heavy atom. The number of rotatable bonds is 5. The van der Waals surface area contributed by atoms with Crippen LogP contribution in [0.15, 0.2) is 47.5 Å². The summed E-state index contributed by atoms with van der Waals surface area (Å²) in [4.78, 5) is 5.08. The van der Waals surface area contributed by atoms with E-state index in [9.17, 15) is 0 Å². The van der Waals surface area contributed by atoms with Gasteiger partial charge in [-0.1, -0.05) is 77.1 Å². The molecule has 1 N–H and O–H groups in total. The van der Waals surface area contributed by atoms with E-state index < -0.39 is 0 Å². The molecule has 0 radical (unpaired) electrons. The van der Waals surface area contributed by atoms with Crippen LogP contribution in [0.4, 0.5) is 5.69 Å². The maximum absolute atomic E-state index is 5.08. The van der Waals surface area contributed by atoms with Crippen molar-refractivity contribution in [3.05, 3.63) is 64.7 Å². The predicted octanol–water partition coefficient (Wildman–Crippen LogP) is 6.71. The number of hydrogen-bond acceptors (Lipinski definition) is 1. The number of hydrogen-bond donors (Lipinski definition) is 1. The van der Waals surface area contributed by atoms with Gasteiger partial charge in [0.2, 0.25) is 0 Å². The van der Waals surface area contributed by atoms with Crippen LogP contribution in [0.25, 0.3) is 0 Å². The lowest BCUT2D eigenvalue weighted by atomic mass is 9.86. The van der Waals surface area contributed by atoms with Gasteiger partial charge in [0, 0.05) is 5.56 Å². The largest absolute Gasteiger partial charge is 0.349 e. The molecule has 0 heterocycles. The first-order valence-electron chi connectivity index (χ1n) is 9.53. The van der Waals surface area contributed by atoms with E-state index in [0.717, 1.165) is 29.4 Å². The van der Waals surface area contributed by atoms with Crippen LogP contribution < -0.4 is 5.09 Å². The highest BCUT2D eigenvalue weighted by Gasteiger charge is 2.15. The summed E-state index contributed by atoms with van der Waals surface area (Å²) in [6.07, 6.45) is 2.30. The minimum absolute atomic E-state index is 0.162. The van der Waals surface area contributed by atoms with E-state index in [4.69, 9.17) is 4.99 Å². The Morgan fingerprint density at radius 3 is 1.92 bits per heavy atom. The highest BCUT2D eigenvalue weighted by molar-refractivity contribution is 7.56. The van der Waals surface area contributed by atoms with Crippen molar-refractivity contribution in [3.8, 4) is 0 Å². The molecule has 2 aromatic rings. The first-order valence-corrected chi connectivity index (χ1v) is 11.2. The topological polar surface area (TPSA) is 24.4 Å². The average molecular weight is 369 g/mol. The fraction of sp³-hybridized carbons (Fsp3) is 0.435. The quantitative estimate of drug-likeness (QED) is 0.354. The standard InChI is InChI=1S/C23H33N2P/c1-8-26(9-2)25-22(24-21-17(3)11-10-12-18(21)4)19-13-15-20(16-14-19)23(5,6)7/h10-16H,8-9H2,1-7H3,(H,24,25). The highest BCUT2D eigenvalue weighted by Crippen LogP contribution is 2.31. The second-order valence-corrected chi connectivity index (χ2v) is 10.4. The van der Waals surface area contributed by atoms with Crippen molar-refractivity contribution in [3.63, 3.8) is 0 Å². The summed E-state index contributed by atoms with van der Waals surface area (Å²) < 4.78 is 0. The monoisotopic (exact) mass is 368 g/mol. The van der Waals surface area contributed by atoms with Crippen molar-refractivity contribution < 1.29 is 0 Å². The van der Waals surface area contributed by atoms with E-state index in [1.165, 1.54) is 16.7 Å². The zero-order valence-corrected chi connectivity index (χ0v) is 18.2. The molecule has 26 heavy (non-hydrogen) atoms. The molecule has 0 unspecified atom stereocenters. The van der Waals surface area contributed by atoms with Crippen molar-refractivity contribution in [2.24, 2.45) is 4.99 Å². The molecule has 0 aliphatic rings. The first-order chi connectivity index (χ1) is 12.3. The Hall–Kier alpha value is -1.66. The van der Waals surface area contributed by atoms with E-state index in [1.54, 1.807) is 0 Å². The average Bonchev–Trinajstić information content (AvgIpc) is 2.60. The van der Waals surface area contributed by atoms with Gasteiger partial charge < -0.3 is 5.09 Å². The molecule has 0 bridgehead atoms. The molecular weight excluding hydrogens is 335 g/mol. The Balaban J connectivity index is 2.49. The molecule has 3 heteroatoms. The van der Waals surface area contributed by atoms with E-state index in [-0.39, 0.29) is 13.5 Å². The van der Waals surface area contributed by atoms with Gasteiger partial charge in [0.1, 0.15) is 5.84 Å². The van der Waals surface area contributed by atoms with E-state index >= 15 is 0 Å². The second kappa shape index (κ2) is 8.82. The van der Waals surface area contributed by atoms with Crippen molar-refractivity contribution >= 4 is 19.6 Å². The summed E-state index contributed by atoms with van der Waals surface area (Å²) in [6.45, 7) is 15.5. The Bertz CT molecular complexity index is 731. The third-order valence-corrected chi connectivity index (χ3v) is 6.77. The molecule has 0 saturated carbocycles. The van der Waals surface area contributed by atoms with Crippen molar-refractivity contribution in [1.82, 2.24) is 5.09 Å². The zero-order chi connectivity index (χ0) is 19.3. The molecule has 0 amide bonds. The number of benzene rings is 2. The first kappa shape index (κ1) is 20.6. The number of para-hydroxylation sites is 1. The van der Waals surface area contributed by atoms with Crippen LogP contribution in [0.3, 0.4) is 0 Å². The predicted molar refractivity (Wildman–Crippen MR) is 118 cm³/mol. The molecule has 2 aromatic carbocycles. The molecule has 140 valence electrons. The second-order valence-electron chi connectivity index (χ2n) is 7.81. The molecule has 2 nitrogen and oxygen atoms in total. The minimum Gasteiger partial charge on any atom is -0.349 e. The van der Waals surface area contributed by atoms with Crippen LogP contribution in [0, 0.1) is 13.8 Å².